The normalized spacial score (nSPS) is 31.6. The van der Waals surface area contributed by atoms with E-state index in [4.69, 9.17) is 38.3 Å². The summed E-state index contributed by atoms with van der Waals surface area (Å²) in [7, 11) is -5.23. The number of rotatable bonds is 6. The average Bonchev–Trinajstić information content (AvgIpc) is 3.96. The molecule has 322 valence electrons. The van der Waals surface area contributed by atoms with E-state index in [-0.39, 0.29) is 45.5 Å². The first-order valence-corrected chi connectivity index (χ1v) is 23.2. The van der Waals surface area contributed by atoms with Crippen LogP contribution >= 0.6 is 25.8 Å². The van der Waals surface area contributed by atoms with Crippen molar-refractivity contribution in [3.05, 3.63) is 65.0 Å². The number of hydrogen-bond acceptors (Lipinski definition) is 18. The maximum atomic E-state index is 16.6. The number of nitrogens with two attached hydrogens (primary N) is 1. The highest BCUT2D eigenvalue weighted by Crippen LogP contribution is 2.62. The first-order chi connectivity index (χ1) is 28.4. The highest BCUT2D eigenvalue weighted by atomic mass is 32.7. The molecule has 2 bridgehead atoms. The maximum absolute atomic E-state index is 16.6. The molecule has 10 atom stereocenters. The van der Waals surface area contributed by atoms with Crippen LogP contribution in [0.4, 0.5) is 14.6 Å². The summed E-state index contributed by atoms with van der Waals surface area (Å²) in [6.45, 7) is 0.996. The van der Waals surface area contributed by atoms with Crippen LogP contribution in [-0.4, -0.2) is 106 Å². The summed E-state index contributed by atoms with van der Waals surface area (Å²) in [6.07, 6.45) is -11.2. The number of benzene rings is 1. The fourth-order valence-electron chi connectivity index (χ4n) is 6.61. The number of carbonyl (C=O) groups is 1. The van der Waals surface area contributed by atoms with Crippen LogP contribution < -0.4 is 16.0 Å². The Morgan fingerprint density at radius 3 is 2.38 bits per heavy atom. The number of fused-ring (bicyclic) bond motifs is 5. The molecule has 4 N–H and O–H groups in total. The van der Waals surface area contributed by atoms with Crippen LogP contribution in [-0.2, 0) is 47.5 Å². The van der Waals surface area contributed by atoms with Crippen molar-refractivity contribution in [1.82, 2.24) is 39.0 Å². The molecule has 21 nitrogen and oxygen atoms in total. The summed E-state index contributed by atoms with van der Waals surface area (Å²) < 4.78 is 104. The highest BCUT2D eigenvalue weighted by molar-refractivity contribution is 8.56. The van der Waals surface area contributed by atoms with Crippen LogP contribution in [0.1, 0.15) is 44.6 Å². The average molecular weight is 898 g/mol. The number of aryl methyl sites for hydroxylation is 1. The molecule has 8 rings (SSSR count). The lowest BCUT2D eigenvalue weighted by molar-refractivity contribution is -0.143. The van der Waals surface area contributed by atoms with Crippen LogP contribution in [0.15, 0.2) is 48.0 Å². The number of carbonyl (C=O) groups excluding carboxylic acids is 1. The van der Waals surface area contributed by atoms with Gasteiger partial charge < -0.3 is 39.1 Å². The molecule has 3 aliphatic heterocycles. The van der Waals surface area contributed by atoms with E-state index in [1.807, 2.05) is 0 Å². The monoisotopic (exact) mass is 897 g/mol. The molecule has 3 fully saturated rings. The van der Waals surface area contributed by atoms with E-state index in [1.54, 1.807) is 45.0 Å². The zero-order chi connectivity index (χ0) is 42.7. The van der Waals surface area contributed by atoms with Gasteiger partial charge in [-0.3, -0.25) is 32.3 Å². The number of ether oxygens (including phenoxy) is 4. The van der Waals surface area contributed by atoms with Gasteiger partial charge in [-0.2, -0.15) is 0 Å². The Labute approximate surface area is 342 Å². The molecule has 0 saturated carbocycles. The van der Waals surface area contributed by atoms with E-state index < -0.39 is 100 Å². The number of anilines is 1. The second-order valence-corrected chi connectivity index (χ2v) is 21.3. The van der Waals surface area contributed by atoms with Gasteiger partial charge in [-0.1, -0.05) is 23.5 Å². The minimum Gasteiger partial charge on any atom is -0.426 e. The number of aromatic nitrogens is 8. The Morgan fingerprint density at radius 1 is 0.967 bits per heavy atom. The molecule has 3 saturated heterocycles. The number of esters is 1. The summed E-state index contributed by atoms with van der Waals surface area (Å²) in [5.74, 6) is 0.0914. The Bertz CT molecular complexity index is 2580. The standard InChI is InChI=1S/C34H39F2N9O12P2S/c1-16-42-29-24(30(46)43-16)41-14-45(29)32-26-21(35)19(55-32)9-52-58(48,60-11-17-5-7-18(8-6-17)54-33(47)34(2,3)4)15-51-25-20(10-53-59(49,50)57-26)56-31(22(25)36)44-13-40-23-27(37)38-12-39-28(23)44/h5-8,12-14,19-22,25-26,31-32H,9-11,15H2,1-4H3,(H,49,50)(H2,37,38,39)(H,42,43,46)/t19-,20-,21-,22-,25-,26-,31-,32-,58?/m1/s1. The van der Waals surface area contributed by atoms with Crippen molar-refractivity contribution in [2.45, 2.75) is 82.7 Å². The molecule has 1 aromatic carbocycles. The smallest absolute Gasteiger partial charge is 0.426 e. The number of nitrogens with zero attached hydrogens (tertiary/aromatic N) is 7. The largest absolute Gasteiger partial charge is 0.472 e. The molecule has 5 aromatic rings. The van der Waals surface area contributed by atoms with Crippen molar-refractivity contribution in [2.24, 2.45) is 5.41 Å². The summed E-state index contributed by atoms with van der Waals surface area (Å²) in [4.78, 5) is 59.0. The molecule has 4 aromatic heterocycles. The first kappa shape index (κ1) is 42.5. The van der Waals surface area contributed by atoms with Gasteiger partial charge in [0.15, 0.2) is 47.4 Å². The summed E-state index contributed by atoms with van der Waals surface area (Å²) >= 11 is 0.808. The molecule has 26 heteroatoms. The van der Waals surface area contributed by atoms with Gasteiger partial charge in [0.25, 0.3) is 12.1 Å². The summed E-state index contributed by atoms with van der Waals surface area (Å²) in [5.41, 5.74) is 5.29. The summed E-state index contributed by atoms with van der Waals surface area (Å²) in [6, 6.07) is 6.43. The van der Waals surface area contributed by atoms with E-state index >= 15 is 8.78 Å². The minimum absolute atomic E-state index is 0.0172. The fraction of sp³-hybridized carbons (Fsp3) is 0.500. The van der Waals surface area contributed by atoms with Crippen molar-refractivity contribution in [3.8, 4) is 5.75 Å². The molecule has 2 unspecified atom stereocenters. The maximum Gasteiger partial charge on any atom is 0.472 e. The van der Waals surface area contributed by atoms with Crippen molar-refractivity contribution < 1.29 is 60.1 Å². The van der Waals surface area contributed by atoms with E-state index in [1.165, 1.54) is 17.8 Å². The number of alkyl halides is 2. The minimum atomic E-state index is -5.23. The molecule has 7 heterocycles. The van der Waals surface area contributed by atoms with E-state index in [9.17, 15) is 23.6 Å². The third-order valence-corrected chi connectivity index (χ3v) is 14.8. The molecular weight excluding hydrogens is 858 g/mol. The second-order valence-electron chi connectivity index (χ2n) is 15.1. The van der Waals surface area contributed by atoms with Crippen LogP contribution in [0.25, 0.3) is 22.3 Å². The lowest BCUT2D eigenvalue weighted by atomic mass is 9.97. The first-order valence-electron chi connectivity index (χ1n) is 18.3. The Balaban J connectivity index is 1.10. The van der Waals surface area contributed by atoms with E-state index in [0.717, 1.165) is 28.6 Å². The highest BCUT2D eigenvalue weighted by Gasteiger charge is 2.54. The van der Waals surface area contributed by atoms with Crippen LogP contribution in [0, 0.1) is 12.3 Å². The van der Waals surface area contributed by atoms with Gasteiger partial charge in [0.1, 0.15) is 54.2 Å². The Kier molecular flexibility index (Phi) is 11.5. The number of phosphoric ester groups is 1. The predicted octanol–water partition coefficient (Wildman–Crippen LogP) is 4.27. The van der Waals surface area contributed by atoms with Crippen molar-refractivity contribution in [2.75, 3.05) is 25.3 Å². The van der Waals surface area contributed by atoms with Crippen molar-refractivity contribution in [1.29, 1.82) is 0 Å². The number of imidazole rings is 2. The number of aromatic amines is 1. The van der Waals surface area contributed by atoms with E-state index in [0.29, 0.717) is 5.56 Å². The Hall–Kier alpha value is -4.22. The number of H-pyrrole nitrogens is 1. The zero-order valence-electron chi connectivity index (χ0n) is 32.2. The van der Waals surface area contributed by atoms with Gasteiger partial charge in [-0.15, -0.1) is 0 Å². The molecule has 3 aliphatic rings. The van der Waals surface area contributed by atoms with Crippen LogP contribution in [0.2, 0.25) is 0 Å². The van der Waals surface area contributed by atoms with Gasteiger partial charge >= 0.3 is 13.8 Å². The van der Waals surface area contributed by atoms with Gasteiger partial charge in [0.05, 0.1) is 31.3 Å². The quantitative estimate of drug-likeness (QED) is 0.122. The van der Waals surface area contributed by atoms with Gasteiger partial charge in [-0.25, -0.2) is 38.3 Å². The number of halogens is 2. The van der Waals surface area contributed by atoms with Gasteiger partial charge in [-0.05, 0) is 45.4 Å². The van der Waals surface area contributed by atoms with Gasteiger partial charge in [0, 0.05) is 5.75 Å². The summed E-state index contributed by atoms with van der Waals surface area (Å²) in [5, 5.41) is 0. The SMILES string of the molecule is Cc1nc2c(ncn2[C@@H]2O[C@@H]3COP(=O)(SCc4ccc(OC(=O)C(C)(C)C)cc4)CO[C@H]4[C@@H](F)[C@H](n5cnc6c(N)ncnc65)O[C@@H]4COP(=O)(O)O[C@@H]2[C@@H]3F)c(=O)[nH]1. The molecule has 0 amide bonds. The lowest BCUT2D eigenvalue weighted by Gasteiger charge is -2.26. The second kappa shape index (κ2) is 16.2. The third-order valence-electron chi connectivity index (χ3n) is 9.71. The number of hydrogen-bond donors (Lipinski definition) is 3. The Morgan fingerprint density at radius 2 is 1.65 bits per heavy atom. The molecule has 60 heavy (non-hydrogen) atoms. The zero-order valence-corrected chi connectivity index (χ0v) is 34.8. The number of nitrogen functional groups attached to an aromatic ring is 1. The topological polar surface area (TPSA) is 269 Å². The third kappa shape index (κ3) is 8.50. The molecular formula is C34H39F2N9O12P2S. The molecule has 0 aliphatic carbocycles. The van der Waals surface area contributed by atoms with Gasteiger partial charge in [0.2, 0.25) is 0 Å². The number of phosphoric acid groups is 1. The fourth-order valence-corrected chi connectivity index (χ4v) is 10.9. The number of nitrogens with one attached hydrogen (secondary N) is 1. The van der Waals surface area contributed by atoms with Crippen molar-refractivity contribution >= 4 is 59.9 Å². The predicted molar refractivity (Wildman–Crippen MR) is 207 cm³/mol. The van der Waals surface area contributed by atoms with Crippen molar-refractivity contribution in [3.63, 3.8) is 0 Å². The van der Waals surface area contributed by atoms with Crippen LogP contribution in [0.5, 0.6) is 5.75 Å². The lowest BCUT2D eigenvalue weighted by Crippen LogP contribution is -2.36. The van der Waals surface area contributed by atoms with E-state index in [2.05, 4.69) is 29.9 Å². The molecule has 0 radical (unpaired) electrons. The van der Waals surface area contributed by atoms with Crippen LogP contribution in [0.3, 0.4) is 0 Å². The molecule has 0 spiro atoms.